The Hall–Kier alpha value is -4.91. The number of anilines is 1. The van der Waals surface area contributed by atoms with E-state index in [9.17, 15) is 23.2 Å². The number of rotatable bonds is 4. The maximum Gasteiger partial charge on any atom is 0.186 e. The van der Waals surface area contributed by atoms with Crippen LogP contribution in [-0.2, 0) is 0 Å². The number of methoxy groups -OCH3 is 1. The van der Waals surface area contributed by atoms with E-state index in [4.69, 9.17) is 4.74 Å². The van der Waals surface area contributed by atoms with Gasteiger partial charge in [0.25, 0.3) is 0 Å². The zero-order valence-electron chi connectivity index (χ0n) is 21.9. The van der Waals surface area contributed by atoms with Crippen molar-refractivity contribution in [3.8, 4) is 5.75 Å². The van der Waals surface area contributed by atoms with E-state index in [0.29, 0.717) is 28.1 Å². The normalized spacial score (nSPS) is 21.5. The van der Waals surface area contributed by atoms with Gasteiger partial charge in [0.2, 0.25) is 0 Å². The molecule has 0 saturated carbocycles. The molecule has 0 unspecified atom stereocenters. The highest BCUT2D eigenvalue weighted by Gasteiger charge is 2.71. The Morgan fingerprint density at radius 2 is 1.51 bits per heavy atom. The van der Waals surface area contributed by atoms with Crippen LogP contribution in [0.4, 0.5) is 14.5 Å². The van der Waals surface area contributed by atoms with Gasteiger partial charge in [-0.15, -0.1) is 0 Å². The molecule has 1 fully saturated rings. The van der Waals surface area contributed by atoms with Crippen LogP contribution in [-0.4, -0.2) is 36.5 Å². The molecule has 0 bridgehead atoms. The van der Waals surface area contributed by atoms with Crippen LogP contribution in [0.2, 0.25) is 0 Å². The maximum absolute atomic E-state index is 14.6. The number of ether oxygens (including phenoxy) is 1. The number of hydrogen-bond acceptors (Lipinski definition) is 5. The number of fused-ring (bicyclic) bond motifs is 5. The summed E-state index contributed by atoms with van der Waals surface area (Å²) in [5, 5.41) is 0. The van der Waals surface area contributed by atoms with E-state index < -0.39 is 46.6 Å². The van der Waals surface area contributed by atoms with Crippen molar-refractivity contribution in [1.29, 1.82) is 0 Å². The number of benzene rings is 4. The van der Waals surface area contributed by atoms with Crippen molar-refractivity contribution in [1.82, 2.24) is 0 Å². The van der Waals surface area contributed by atoms with Crippen molar-refractivity contribution >= 4 is 29.1 Å². The number of hydrogen-bond donors (Lipinski definition) is 0. The summed E-state index contributed by atoms with van der Waals surface area (Å²) in [7, 11) is 1.50. The lowest BCUT2D eigenvalue weighted by Gasteiger charge is -2.37. The molecule has 0 radical (unpaired) electrons. The highest BCUT2D eigenvalue weighted by Crippen LogP contribution is 2.61. The molecule has 3 aliphatic rings. The van der Waals surface area contributed by atoms with Crippen molar-refractivity contribution in [2.45, 2.75) is 18.0 Å². The molecule has 7 rings (SSSR count). The SMILES string of the molecule is COc1cccc(C(=O)[C@@H]2[C@H](c3ccc(F)cc3)C3(C(=O)c4ccccc4C3=O)[C@H]3C=Cc4cc(F)ccc4N23)c1. The van der Waals surface area contributed by atoms with E-state index in [1.807, 2.05) is 0 Å². The topological polar surface area (TPSA) is 63.7 Å². The largest absolute Gasteiger partial charge is 0.497 e. The van der Waals surface area contributed by atoms with Gasteiger partial charge in [0.15, 0.2) is 17.3 Å². The van der Waals surface area contributed by atoms with Gasteiger partial charge >= 0.3 is 0 Å². The van der Waals surface area contributed by atoms with Crippen LogP contribution in [0.1, 0.15) is 48.1 Å². The fourth-order valence-electron chi connectivity index (χ4n) is 6.94. The lowest BCUT2D eigenvalue weighted by atomic mass is 9.64. The predicted molar refractivity (Wildman–Crippen MR) is 149 cm³/mol. The Labute approximate surface area is 234 Å². The van der Waals surface area contributed by atoms with Gasteiger partial charge in [0, 0.05) is 33.9 Å². The molecule has 202 valence electrons. The number of carbonyl (C=O) groups excluding carboxylic acids is 3. The summed E-state index contributed by atoms with van der Waals surface area (Å²) in [6, 6.07) is 21.3. The second-order valence-corrected chi connectivity index (χ2v) is 10.6. The van der Waals surface area contributed by atoms with Gasteiger partial charge in [-0.25, -0.2) is 8.78 Å². The van der Waals surface area contributed by atoms with Crippen LogP contribution < -0.4 is 9.64 Å². The molecule has 7 heteroatoms. The molecule has 1 spiro atoms. The number of ketones is 3. The summed E-state index contributed by atoms with van der Waals surface area (Å²) in [4.78, 5) is 45.5. The second-order valence-electron chi connectivity index (χ2n) is 10.6. The molecule has 2 heterocycles. The third-order valence-electron chi connectivity index (χ3n) is 8.62. The predicted octanol–water partition coefficient (Wildman–Crippen LogP) is 6.29. The van der Waals surface area contributed by atoms with Gasteiger partial charge in [-0.2, -0.15) is 0 Å². The Morgan fingerprint density at radius 3 is 2.20 bits per heavy atom. The fourth-order valence-corrected chi connectivity index (χ4v) is 6.94. The third-order valence-corrected chi connectivity index (χ3v) is 8.62. The summed E-state index contributed by atoms with van der Waals surface area (Å²) in [6.07, 6.45) is 3.42. The zero-order chi connectivity index (χ0) is 28.5. The average molecular weight is 548 g/mol. The van der Waals surface area contributed by atoms with E-state index in [1.165, 1.54) is 43.5 Å². The molecule has 41 heavy (non-hydrogen) atoms. The first-order chi connectivity index (χ1) is 19.9. The second kappa shape index (κ2) is 9.06. The van der Waals surface area contributed by atoms with Crippen molar-refractivity contribution in [3.63, 3.8) is 0 Å². The van der Waals surface area contributed by atoms with Crippen LogP contribution in [0.15, 0.2) is 97.1 Å². The summed E-state index contributed by atoms with van der Waals surface area (Å²) in [5.74, 6) is -2.58. The summed E-state index contributed by atoms with van der Waals surface area (Å²) in [6.45, 7) is 0. The first-order valence-electron chi connectivity index (χ1n) is 13.2. The highest BCUT2D eigenvalue weighted by atomic mass is 19.1. The van der Waals surface area contributed by atoms with Crippen LogP contribution in [0, 0.1) is 17.0 Å². The summed E-state index contributed by atoms with van der Waals surface area (Å²) < 4.78 is 33.9. The molecule has 1 saturated heterocycles. The van der Waals surface area contributed by atoms with Crippen LogP contribution >= 0.6 is 0 Å². The van der Waals surface area contributed by atoms with Crippen molar-refractivity contribution < 1.29 is 27.9 Å². The van der Waals surface area contributed by atoms with Gasteiger partial charge in [-0.3, -0.25) is 14.4 Å². The molecule has 2 aliphatic heterocycles. The third kappa shape index (κ3) is 3.41. The van der Waals surface area contributed by atoms with Gasteiger partial charge in [-0.05, 0) is 48.0 Å². The van der Waals surface area contributed by atoms with Crippen molar-refractivity contribution in [2.24, 2.45) is 5.41 Å². The molecular weight excluding hydrogens is 524 g/mol. The van der Waals surface area contributed by atoms with E-state index in [1.54, 1.807) is 71.6 Å². The van der Waals surface area contributed by atoms with Gasteiger partial charge in [0.05, 0.1) is 13.2 Å². The van der Waals surface area contributed by atoms with Crippen LogP contribution in [0.5, 0.6) is 5.75 Å². The van der Waals surface area contributed by atoms with Gasteiger partial charge in [-0.1, -0.05) is 60.7 Å². The van der Waals surface area contributed by atoms with E-state index in [0.717, 1.165) is 0 Å². The molecule has 4 aromatic carbocycles. The molecule has 4 aromatic rings. The average Bonchev–Trinajstić information content (AvgIpc) is 3.43. The molecule has 0 N–H and O–H groups in total. The van der Waals surface area contributed by atoms with Gasteiger partial charge < -0.3 is 9.64 Å². The zero-order valence-corrected chi connectivity index (χ0v) is 21.9. The van der Waals surface area contributed by atoms with E-state index in [2.05, 4.69) is 0 Å². The van der Waals surface area contributed by atoms with E-state index >= 15 is 0 Å². The van der Waals surface area contributed by atoms with Gasteiger partial charge in [0.1, 0.15) is 28.8 Å². The quantitative estimate of drug-likeness (QED) is 0.222. The molecule has 0 aromatic heterocycles. The Bertz CT molecular complexity index is 1760. The van der Waals surface area contributed by atoms with Crippen molar-refractivity contribution in [3.05, 3.63) is 137 Å². The minimum atomic E-state index is -1.72. The molecule has 3 atom stereocenters. The minimum absolute atomic E-state index is 0.289. The summed E-state index contributed by atoms with van der Waals surface area (Å²) in [5.41, 5.74) is 0.716. The minimum Gasteiger partial charge on any atom is -0.497 e. The monoisotopic (exact) mass is 547 g/mol. The Morgan fingerprint density at radius 1 is 0.829 bits per heavy atom. The molecular formula is C34H23F2NO4. The Kier molecular flexibility index (Phi) is 5.54. The standard InChI is InChI=1S/C34H23F2NO4/c1-41-24-6-4-5-21(18-24)31(38)30-29(19-9-12-22(35)13-10-19)34(32(39)25-7-2-3-8-26(25)33(34)40)28-16-11-20-17-23(36)14-15-27(20)37(28)30/h2-18,28-30H,1H3/t28-,29+,30+/m1/s1. The number of Topliss-reactive ketones (excluding diaryl/α,β-unsaturated/α-hetero) is 3. The first-order valence-corrected chi connectivity index (χ1v) is 13.2. The Balaban J connectivity index is 1.54. The number of nitrogens with zero attached hydrogens (tertiary/aromatic N) is 1. The molecule has 1 aliphatic carbocycles. The smallest absolute Gasteiger partial charge is 0.186 e. The first kappa shape index (κ1) is 25.1. The van der Waals surface area contributed by atoms with E-state index in [-0.39, 0.29) is 16.9 Å². The fraction of sp³-hybridized carbons (Fsp3) is 0.147. The van der Waals surface area contributed by atoms with Crippen molar-refractivity contribution in [2.75, 3.05) is 12.0 Å². The lowest BCUT2D eigenvalue weighted by Crippen LogP contribution is -2.48. The number of halogens is 2. The summed E-state index contributed by atoms with van der Waals surface area (Å²) >= 11 is 0. The maximum atomic E-state index is 14.6. The molecule has 0 amide bonds. The molecule has 5 nitrogen and oxygen atoms in total. The van der Waals surface area contributed by atoms with Crippen LogP contribution in [0.25, 0.3) is 6.08 Å². The highest BCUT2D eigenvalue weighted by molar-refractivity contribution is 6.32. The number of carbonyl (C=O) groups is 3. The lowest BCUT2D eigenvalue weighted by molar-refractivity contribution is 0.0666. The van der Waals surface area contributed by atoms with Crippen LogP contribution in [0.3, 0.4) is 0 Å².